The summed E-state index contributed by atoms with van der Waals surface area (Å²) in [6, 6.07) is 7.13. The highest BCUT2D eigenvalue weighted by atomic mass is 79.9. The van der Waals surface area contributed by atoms with Crippen LogP contribution in [-0.2, 0) is 4.79 Å². The van der Waals surface area contributed by atoms with Crippen LogP contribution in [0.4, 0.5) is 0 Å². The number of ketones is 1. The quantitative estimate of drug-likeness (QED) is 0.845. The van der Waals surface area contributed by atoms with Gasteiger partial charge in [-0.2, -0.15) is 0 Å². The number of benzene rings is 1. The van der Waals surface area contributed by atoms with Crippen molar-refractivity contribution in [1.29, 1.82) is 0 Å². The number of hydrogen-bond donors (Lipinski definition) is 1. The third-order valence-corrected chi connectivity index (χ3v) is 2.56. The van der Waals surface area contributed by atoms with E-state index in [1.165, 1.54) is 0 Å². The van der Waals surface area contributed by atoms with Crippen molar-refractivity contribution in [2.75, 3.05) is 6.54 Å². The second-order valence-corrected chi connectivity index (χ2v) is 4.38. The molecule has 16 heavy (non-hydrogen) atoms. The summed E-state index contributed by atoms with van der Waals surface area (Å²) < 4.78 is 0.859. The molecule has 0 radical (unpaired) electrons. The Balaban J connectivity index is 2.50. The Morgan fingerprint density at radius 1 is 1.38 bits per heavy atom. The van der Waals surface area contributed by atoms with Gasteiger partial charge in [0.05, 0.1) is 6.54 Å². The standard InChI is InChI=1S/C12H14BrNO2/c1-2-4-12(16)14-8-11(15)9-5-3-6-10(13)7-9/h3,5-7H,2,4,8H2,1H3,(H,14,16). The van der Waals surface area contributed by atoms with E-state index in [4.69, 9.17) is 0 Å². The number of carbonyl (C=O) groups is 2. The van der Waals surface area contributed by atoms with Crippen molar-refractivity contribution < 1.29 is 9.59 Å². The van der Waals surface area contributed by atoms with Gasteiger partial charge in [0.25, 0.3) is 0 Å². The Hall–Kier alpha value is -1.16. The molecule has 0 unspecified atom stereocenters. The van der Waals surface area contributed by atoms with Crippen molar-refractivity contribution >= 4 is 27.6 Å². The third-order valence-electron chi connectivity index (χ3n) is 2.07. The van der Waals surface area contributed by atoms with Crippen LogP contribution in [0.1, 0.15) is 30.1 Å². The van der Waals surface area contributed by atoms with Crippen LogP contribution in [0.5, 0.6) is 0 Å². The van der Waals surface area contributed by atoms with Gasteiger partial charge in [0.15, 0.2) is 5.78 Å². The molecule has 1 aromatic rings. The molecule has 1 aromatic carbocycles. The molecule has 0 atom stereocenters. The second-order valence-electron chi connectivity index (χ2n) is 3.46. The number of hydrogen-bond acceptors (Lipinski definition) is 2. The number of amides is 1. The second kappa shape index (κ2) is 6.43. The predicted octanol–water partition coefficient (Wildman–Crippen LogP) is 2.55. The lowest BCUT2D eigenvalue weighted by Gasteiger charge is -2.04. The summed E-state index contributed by atoms with van der Waals surface area (Å²) in [5.41, 5.74) is 0.603. The summed E-state index contributed by atoms with van der Waals surface area (Å²) in [4.78, 5) is 22.8. The molecule has 0 bridgehead atoms. The maximum absolute atomic E-state index is 11.7. The molecule has 0 aliphatic heterocycles. The molecule has 1 N–H and O–H groups in total. The Morgan fingerprint density at radius 2 is 2.12 bits per heavy atom. The molecule has 1 amide bonds. The van der Waals surface area contributed by atoms with Crippen LogP contribution in [0.3, 0.4) is 0 Å². The average molecular weight is 284 g/mol. The fourth-order valence-electron chi connectivity index (χ4n) is 1.26. The first kappa shape index (κ1) is 12.9. The van der Waals surface area contributed by atoms with Gasteiger partial charge in [-0.05, 0) is 18.6 Å². The first-order valence-electron chi connectivity index (χ1n) is 5.19. The van der Waals surface area contributed by atoms with E-state index >= 15 is 0 Å². The van der Waals surface area contributed by atoms with E-state index in [1.54, 1.807) is 18.2 Å². The molecule has 0 aromatic heterocycles. The van der Waals surface area contributed by atoms with E-state index in [9.17, 15) is 9.59 Å². The topological polar surface area (TPSA) is 46.2 Å². The van der Waals surface area contributed by atoms with Crippen molar-refractivity contribution in [3.05, 3.63) is 34.3 Å². The van der Waals surface area contributed by atoms with E-state index in [0.29, 0.717) is 12.0 Å². The predicted molar refractivity (Wildman–Crippen MR) is 66.4 cm³/mol. The number of Topliss-reactive ketones (excluding diaryl/α,β-unsaturated/α-hetero) is 1. The summed E-state index contributed by atoms with van der Waals surface area (Å²) in [5.74, 6) is -0.156. The van der Waals surface area contributed by atoms with Crippen molar-refractivity contribution in [3.63, 3.8) is 0 Å². The highest BCUT2D eigenvalue weighted by molar-refractivity contribution is 9.10. The molecular formula is C12H14BrNO2. The molecule has 0 spiro atoms. The van der Waals surface area contributed by atoms with Crippen LogP contribution in [0.2, 0.25) is 0 Å². The van der Waals surface area contributed by atoms with Crippen molar-refractivity contribution in [2.45, 2.75) is 19.8 Å². The van der Waals surface area contributed by atoms with Gasteiger partial charge in [0.1, 0.15) is 0 Å². The average Bonchev–Trinajstić information content (AvgIpc) is 2.26. The first-order chi connectivity index (χ1) is 7.63. The van der Waals surface area contributed by atoms with Gasteiger partial charge < -0.3 is 5.32 Å². The van der Waals surface area contributed by atoms with Gasteiger partial charge in [0.2, 0.25) is 5.91 Å². The number of nitrogens with one attached hydrogen (secondary N) is 1. The Bertz CT molecular complexity index is 390. The molecule has 0 saturated carbocycles. The first-order valence-corrected chi connectivity index (χ1v) is 5.98. The minimum Gasteiger partial charge on any atom is -0.349 e. The summed E-state index contributed by atoms with van der Waals surface area (Å²) >= 11 is 3.30. The molecule has 1 rings (SSSR count). The Kier molecular flexibility index (Phi) is 5.19. The van der Waals surface area contributed by atoms with Crippen molar-refractivity contribution in [3.8, 4) is 0 Å². The monoisotopic (exact) mass is 283 g/mol. The molecule has 3 nitrogen and oxygen atoms in total. The number of halogens is 1. The van der Waals surface area contributed by atoms with Crippen LogP contribution in [0.25, 0.3) is 0 Å². The van der Waals surface area contributed by atoms with Crippen LogP contribution in [0.15, 0.2) is 28.7 Å². The van der Waals surface area contributed by atoms with E-state index in [0.717, 1.165) is 10.9 Å². The zero-order valence-corrected chi connectivity index (χ0v) is 10.7. The number of rotatable bonds is 5. The lowest BCUT2D eigenvalue weighted by atomic mass is 10.1. The summed E-state index contributed by atoms with van der Waals surface area (Å²) in [5, 5.41) is 2.60. The largest absolute Gasteiger partial charge is 0.349 e. The molecule has 4 heteroatoms. The Labute approximate surface area is 103 Å². The maximum atomic E-state index is 11.7. The van der Waals surface area contributed by atoms with Crippen LogP contribution >= 0.6 is 15.9 Å². The zero-order chi connectivity index (χ0) is 12.0. The molecule has 0 aliphatic carbocycles. The molecule has 0 saturated heterocycles. The maximum Gasteiger partial charge on any atom is 0.220 e. The van der Waals surface area contributed by atoms with E-state index in [-0.39, 0.29) is 18.2 Å². The van der Waals surface area contributed by atoms with Gasteiger partial charge in [-0.3, -0.25) is 9.59 Å². The van der Waals surface area contributed by atoms with Crippen molar-refractivity contribution in [2.24, 2.45) is 0 Å². The van der Waals surface area contributed by atoms with Crippen LogP contribution < -0.4 is 5.32 Å². The van der Waals surface area contributed by atoms with Crippen LogP contribution in [-0.4, -0.2) is 18.2 Å². The lowest BCUT2D eigenvalue weighted by Crippen LogP contribution is -2.29. The fraction of sp³-hybridized carbons (Fsp3) is 0.333. The van der Waals surface area contributed by atoms with Gasteiger partial charge in [-0.15, -0.1) is 0 Å². The van der Waals surface area contributed by atoms with Gasteiger partial charge in [-0.1, -0.05) is 35.0 Å². The highest BCUT2D eigenvalue weighted by Gasteiger charge is 2.07. The van der Waals surface area contributed by atoms with Gasteiger partial charge in [-0.25, -0.2) is 0 Å². The minimum absolute atomic E-state index is 0.0648. The Morgan fingerprint density at radius 3 is 2.75 bits per heavy atom. The van der Waals surface area contributed by atoms with Gasteiger partial charge in [0, 0.05) is 16.5 Å². The molecule has 0 fully saturated rings. The van der Waals surface area contributed by atoms with Gasteiger partial charge >= 0.3 is 0 Å². The number of carbonyl (C=O) groups excluding carboxylic acids is 2. The summed E-state index contributed by atoms with van der Waals surface area (Å²) in [7, 11) is 0. The minimum atomic E-state index is -0.0780. The lowest BCUT2D eigenvalue weighted by molar-refractivity contribution is -0.120. The van der Waals surface area contributed by atoms with E-state index < -0.39 is 0 Å². The normalized spacial score (nSPS) is 9.88. The smallest absolute Gasteiger partial charge is 0.220 e. The summed E-state index contributed by atoms with van der Waals surface area (Å²) in [6.45, 7) is 1.99. The summed E-state index contributed by atoms with van der Waals surface area (Å²) in [6.07, 6.45) is 1.25. The molecule has 0 heterocycles. The fourth-order valence-corrected chi connectivity index (χ4v) is 1.66. The molecule has 0 aliphatic rings. The SMILES string of the molecule is CCCC(=O)NCC(=O)c1cccc(Br)c1. The van der Waals surface area contributed by atoms with E-state index in [1.807, 2.05) is 13.0 Å². The molecule has 86 valence electrons. The third kappa shape index (κ3) is 4.14. The van der Waals surface area contributed by atoms with E-state index in [2.05, 4.69) is 21.2 Å². The zero-order valence-electron chi connectivity index (χ0n) is 9.13. The highest BCUT2D eigenvalue weighted by Crippen LogP contribution is 2.11. The van der Waals surface area contributed by atoms with Crippen molar-refractivity contribution in [1.82, 2.24) is 5.32 Å². The molecular weight excluding hydrogens is 270 g/mol. The van der Waals surface area contributed by atoms with Crippen LogP contribution in [0, 0.1) is 0 Å².